The van der Waals surface area contributed by atoms with E-state index in [0.29, 0.717) is 0 Å². The number of fused-ring (bicyclic) bond motifs is 3. The summed E-state index contributed by atoms with van der Waals surface area (Å²) in [6.45, 7) is 0. The summed E-state index contributed by atoms with van der Waals surface area (Å²) in [7, 11) is 0. The molecule has 3 nitrogen and oxygen atoms in total. The molecule has 0 aromatic carbocycles. The van der Waals surface area contributed by atoms with Crippen LogP contribution in [-0.2, 0) is 9.53 Å². The van der Waals surface area contributed by atoms with Crippen LogP contribution in [0, 0.1) is 0 Å². The van der Waals surface area contributed by atoms with Crippen molar-refractivity contribution in [3.63, 3.8) is 0 Å². The topological polar surface area (TPSA) is 39.4 Å². The molecule has 0 amide bonds. The van der Waals surface area contributed by atoms with Gasteiger partial charge in [-0.3, -0.25) is 0 Å². The SMILES string of the molecule is O=C1C=CC2c3ccoc3C=CC2O1. The van der Waals surface area contributed by atoms with Crippen molar-refractivity contribution in [2.24, 2.45) is 0 Å². The summed E-state index contributed by atoms with van der Waals surface area (Å²) in [6, 6.07) is 1.92. The molecular formula is C11H8O3. The molecule has 14 heavy (non-hydrogen) atoms. The molecule has 3 rings (SSSR count). The van der Waals surface area contributed by atoms with Gasteiger partial charge >= 0.3 is 5.97 Å². The van der Waals surface area contributed by atoms with Crippen LogP contribution in [-0.4, -0.2) is 12.1 Å². The van der Waals surface area contributed by atoms with Crippen LogP contribution in [0.3, 0.4) is 0 Å². The lowest BCUT2D eigenvalue weighted by Crippen LogP contribution is -2.27. The third-order valence-corrected chi connectivity index (χ3v) is 2.57. The van der Waals surface area contributed by atoms with Crippen molar-refractivity contribution >= 4 is 12.0 Å². The zero-order valence-electron chi connectivity index (χ0n) is 7.34. The van der Waals surface area contributed by atoms with E-state index >= 15 is 0 Å². The molecule has 0 bridgehead atoms. The lowest BCUT2D eigenvalue weighted by atomic mass is 9.87. The summed E-state index contributed by atoms with van der Waals surface area (Å²) in [5.74, 6) is 0.697. The molecule has 1 aromatic rings. The molecular weight excluding hydrogens is 180 g/mol. The monoisotopic (exact) mass is 188 g/mol. The molecule has 0 fully saturated rings. The molecule has 2 aliphatic rings. The third kappa shape index (κ3) is 0.954. The number of rotatable bonds is 0. The fraction of sp³-hybridized carbons (Fsp3) is 0.182. The predicted molar refractivity (Wildman–Crippen MR) is 49.5 cm³/mol. The van der Waals surface area contributed by atoms with E-state index in [4.69, 9.17) is 9.15 Å². The molecule has 2 atom stereocenters. The minimum atomic E-state index is -0.275. The fourth-order valence-corrected chi connectivity index (χ4v) is 1.90. The first-order chi connectivity index (χ1) is 6.84. The lowest BCUT2D eigenvalue weighted by Gasteiger charge is -2.27. The van der Waals surface area contributed by atoms with Gasteiger partial charge < -0.3 is 9.15 Å². The Morgan fingerprint density at radius 1 is 1.21 bits per heavy atom. The Morgan fingerprint density at radius 2 is 2.14 bits per heavy atom. The highest BCUT2D eigenvalue weighted by atomic mass is 16.5. The Bertz CT molecular complexity index is 439. The standard InChI is InChI=1S/C11H8O3/c12-11-4-1-7-8-5-6-13-9(8)2-3-10(7)14-11/h1-7,10H. The number of esters is 1. The van der Waals surface area contributed by atoms with Gasteiger partial charge in [-0.15, -0.1) is 0 Å². The van der Waals surface area contributed by atoms with Crippen molar-refractivity contribution in [3.05, 3.63) is 41.9 Å². The van der Waals surface area contributed by atoms with E-state index in [-0.39, 0.29) is 18.0 Å². The maximum absolute atomic E-state index is 11.0. The highest BCUT2D eigenvalue weighted by Gasteiger charge is 2.31. The Morgan fingerprint density at radius 3 is 3.07 bits per heavy atom. The van der Waals surface area contributed by atoms with Crippen molar-refractivity contribution in [1.82, 2.24) is 0 Å². The van der Waals surface area contributed by atoms with E-state index in [0.717, 1.165) is 11.3 Å². The third-order valence-electron chi connectivity index (χ3n) is 2.57. The molecule has 0 N–H and O–H groups in total. The minimum absolute atomic E-state index is 0.117. The predicted octanol–water partition coefficient (Wildman–Crippen LogP) is 1.87. The average molecular weight is 188 g/mol. The number of carbonyl (C=O) groups is 1. The number of carbonyl (C=O) groups excluding carboxylic acids is 1. The van der Waals surface area contributed by atoms with Crippen LogP contribution in [0.2, 0.25) is 0 Å². The summed E-state index contributed by atoms with van der Waals surface area (Å²) in [5.41, 5.74) is 1.08. The highest BCUT2D eigenvalue weighted by Crippen LogP contribution is 2.35. The van der Waals surface area contributed by atoms with Crippen LogP contribution in [0.1, 0.15) is 17.2 Å². The molecule has 1 aliphatic carbocycles. The Kier molecular flexibility index (Phi) is 1.42. The Hall–Kier alpha value is -1.77. The van der Waals surface area contributed by atoms with Gasteiger partial charge in [0, 0.05) is 17.6 Å². The normalized spacial score (nSPS) is 28.1. The van der Waals surface area contributed by atoms with E-state index in [9.17, 15) is 4.79 Å². The van der Waals surface area contributed by atoms with Crippen molar-refractivity contribution in [2.75, 3.05) is 0 Å². The van der Waals surface area contributed by atoms with Gasteiger partial charge in [-0.2, -0.15) is 0 Å². The second-order valence-electron chi connectivity index (χ2n) is 3.39. The van der Waals surface area contributed by atoms with Crippen LogP contribution in [0.5, 0.6) is 0 Å². The van der Waals surface area contributed by atoms with Crippen LogP contribution < -0.4 is 0 Å². The minimum Gasteiger partial charge on any atom is -0.465 e. The summed E-state index contributed by atoms with van der Waals surface area (Å²) < 4.78 is 10.4. The van der Waals surface area contributed by atoms with Gasteiger partial charge in [0.05, 0.1) is 6.26 Å². The Labute approximate surface area is 80.7 Å². The summed E-state index contributed by atoms with van der Waals surface area (Å²) >= 11 is 0. The first-order valence-corrected chi connectivity index (χ1v) is 4.49. The average Bonchev–Trinajstić information content (AvgIpc) is 2.65. The molecule has 2 heterocycles. The van der Waals surface area contributed by atoms with Crippen molar-refractivity contribution in [3.8, 4) is 0 Å². The molecule has 70 valence electrons. The largest absolute Gasteiger partial charge is 0.465 e. The summed E-state index contributed by atoms with van der Waals surface area (Å²) in [6.07, 6.45) is 8.53. The van der Waals surface area contributed by atoms with Crippen LogP contribution in [0.15, 0.2) is 35.0 Å². The van der Waals surface area contributed by atoms with E-state index in [1.165, 1.54) is 6.08 Å². The smallest absolute Gasteiger partial charge is 0.331 e. The molecule has 1 aliphatic heterocycles. The van der Waals surface area contributed by atoms with Gasteiger partial charge in [0.2, 0.25) is 0 Å². The summed E-state index contributed by atoms with van der Waals surface area (Å²) in [5, 5.41) is 0. The van der Waals surface area contributed by atoms with Crippen molar-refractivity contribution < 1.29 is 13.9 Å². The molecule has 0 radical (unpaired) electrons. The second-order valence-corrected chi connectivity index (χ2v) is 3.39. The van der Waals surface area contributed by atoms with Crippen molar-refractivity contribution in [2.45, 2.75) is 12.0 Å². The zero-order chi connectivity index (χ0) is 9.54. The lowest BCUT2D eigenvalue weighted by molar-refractivity contribution is -0.142. The van der Waals surface area contributed by atoms with Crippen LogP contribution >= 0.6 is 0 Å². The van der Waals surface area contributed by atoms with Gasteiger partial charge in [-0.05, 0) is 18.2 Å². The molecule has 3 heteroatoms. The van der Waals surface area contributed by atoms with E-state index < -0.39 is 0 Å². The number of hydrogen-bond donors (Lipinski definition) is 0. The number of ether oxygens (including phenoxy) is 1. The van der Waals surface area contributed by atoms with E-state index in [1.54, 1.807) is 6.26 Å². The maximum atomic E-state index is 11.0. The molecule has 0 saturated heterocycles. The van der Waals surface area contributed by atoms with Gasteiger partial charge in [-0.1, -0.05) is 6.08 Å². The first-order valence-electron chi connectivity index (χ1n) is 4.49. The second kappa shape index (κ2) is 2.61. The molecule has 2 unspecified atom stereocenters. The van der Waals surface area contributed by atoms with Crippen molar-refractivity contribution in [1.29, 1.82) is 0 Å². The summed E-state index contributed by atoms with van der Waals surface area (Å²) in [4.78, 5) is 11.0. The van der Waals surface area contributed by atoms with Crippen LogP contribution in [0.25, 0.3) is 6.08 Å². The van der Waals surface area contributed by atoms with Gasteiger partial charge in [0.1, 0.15) is 11.9 Å². The number of hydrogen-bond acceptors (Lipinski definition) is 3. The van der Waals surface area contributed by atoms with E-state index in [2.05, 4.69) is 0 Å². The fourth-order valence-electron chi connectivity index (χ4n) is 1.90. The van der Waals surface area contributed by atoms with Gasteiger partial charge in [-0.25, -0.2) is 4.79 Å². The van der Waals surface area contributed by atoms with Gasteiger partial charge in [0.15, 0.2) is 0 Å². The van der Waals surface area contributed by atoms with Gasteiger partial charge in [0.25, 0.3) is 0 Å². The van der Waals surface area contributed by atoms with Crippen LogP contribution in [0.4, 0.5) is 0 Å². The zero-order valence-corrected chi connectivity index (χ0v) is 7.34. The first kappa shape index (κ1) is 7.62. The maximum Gasteiger partial charge on any atom is 0.331 e. The molecule has 1 aromatic heterocycles. The number of furan rings is 1. The molecule has 0 spiro atoms. The molecule has 0 saturated carbocycles. The highest BCUT2D eigenvalue weighted by molar-refractivity contribution is 5.84. The Balaban J connectivity index is 2.10. The quantitative estimate of drug-likeness (QED) is 0.583. The van der Waals surface area contributed by atoms with E-state index in [1.807, 2.05) is 24.3 Å².